The van der Waals surface area contributed by atoms with Crippen LogP contribution in [0.3, 0.4) is 0 Å². The monoisotopic (exact) mass is 261 g/mol. The summed E-state index contributed by atoms with van der Waals surface area (Å²) in [7, 11) is 0. The zero-order valence-corrected chi connectivity index (χ0v) is 10.8. The maximum Gasteiger partial charge on any atom is 0.258 e. The molecule has 1 atom stereocenters. The molecule has 7 heteroatoms. The summed E-state index contributed by atoms with van der Waals surface area (Å²) in [5, 5.41) is 16.1. The molecule has 2 aromatic rings. The highest BCUT2D eigenvalue weighted by Gasteiger charge is 2.13. The molecule has 1 aromatic carbocycles. The molecule has 0 spiro atoms. The van der Waals surface area contributed by atoms with Crippen LogP contribution in [0.15, 0.2) is 24.3 Å². The van der Waals surface area contributed by atoms with Gasteiger partial charge in [0, 0.05) is 0 Å². The Hall–Kier alpha value is -2.44. The van der Waals surface area contributed by atoms with Crippen LogP contribution in [0.2, 0.25) is 0 Å². The van der Waals surface area contributed by atoms with E-state index in [0.717, 1.165) is 5.56 Å². The normalized spacial score (nSPS) is 11.9. The van der Waals surface area contributed by atoms with Gasteiger partial charge in [-0.2, -0.15) is 5.21 Å². The highest BCUT2D eigenvalue weighted by molar-refractivity contribution is 5.77. The summed E-state index contributed by atoms with van der Waals surface area (Å²) in [5.41, 5.74) is 1.08. The van der Waals surface area contributed by atoms with Crippen LogP contribution in [0.4, 0.5) is 0 Å². The van der Waals surface area contributed by atoms with Crippen LogP contribution in [0, 0.1) is 6.92 Å². The number of nitrogens with zero attached hydrogens (tertiary/aromatic N) is 3. The molecule has 1 heterocycles. The van der Waals surface area contributed by atoms with Crippen molar-refractivity contribution in [2.45, 2.75) is 19.9 Å². The minimum Gasteiger partial charge on any atom is -0.484 e. The van der Waals surface area contributed by atoms with E-state index in [1.54, 1.807) is 6.92 Å². The Morgan fingerprint density at radius 3 is 3.05 bits per heavy atom. The number of aromatic amines is 1. The fourth-order valence-corrected chi connectivity index (χ4v) is 1.55. The third kappa shape index (κ3) is 3.77. The number of tetrazole rings is 1. The first kappa shape index (κ1) is 13.0. The molecule has 100 valence electrons. The van der Waals surface area contributed by atoms with E-state index in [-0.39, 0.29) is 18.6 Å². The smallest absolute Gasteiger partial charge is 0.258 e. The molecule has 1 amide bonds. The third-order valence-electron chi connectivity index (χ3n) is 2.49. The number of hydrogen-bond donors (Lipinski definition) is 2. The second kappa shape index (κ2) is 5.94. The number of amides is 1. The van der Waals surface area contributed by atoms with Gasteiger partial charge in [0.15, 0.2) is 12.4 Å². The summed E-state index contributed by atoms with van der Waals surface area (Å²) < 4.78 is 5.39. The number of nitrogens with one attached hydrogen (secondary N) is 2. The summed E-state index contributed by atoms with van der Waals surface area (Å²) in [6.07, 6.45) is 0. The summed E-state index contributed by atoms with van der Waals surface area (Å²) in [6, 6.07) is 7.21. The topological polar surface area (TPSA) is 92.8 Å². The first-order chi connectivity index (χ1) is 9.15. The molecular weight excluding hydrogens is 246 g/mol. The van der Waals surface area contributed by atoms with E-state index < -0.39 is 0 Å². The Balaban J connectivity index is 1.82. The van der Waals surface area contributed by atoms with Gasteiger partial charge in [-0.1, -0.05) is 17.3 Å². The number of carbonyl (C=O) groups is 1. The van der Waals surface area contributed by atoms with E-state index in [1.807, 2.05) is 31.2 Å². The van der Waals surface area contributed by atoms with Crippen LogP contribution >= 0.6 is 0 Å². The van der Waals surface area contributed by atoms with Crippen LogP contribution < -0.4 is 10.1 Å². The molecular formula is C12H15N5O2. The zero-order valence-electron chi connectivity index (χ0n) is 10.8. The molecule has 0 bridgehead atoms. The number of aryl methyl sites for hydroxylation is 1. The quantitative estimate of drug-likeness (QED) is 0.829. The van der Waals surface area contributed by atoms with Gasteiger partial charge in [0.25, 0.3) is 5.91 Å². The molecule has 2 N–H and O–H groups in total. The van der Waals surface area contributed by atoms with Gasteiger partial charge < -0.3 is 10.1 Å². The number of rotatable bonds is 5. The van der Waals surface area contributed by atoms with E-state index >= 15 is 0 Å². The lowest BCUT2D eigenvalue weighted by Gasteiger charge is -2.11. The minimum absolute atomic E-state index is 0.0500. The lowest BCUT2D eigenvalue weighted by atomic mass is 10.2. The van der Waals surface area contributed by atoms with Crippen molar-refractivity contribution < 1.29 is 9.53 Å². The Kier molecular flexibility index (Phi) is 4.07. The summed E-state index contributed by atoms with van der Waals surface area (Å²) >= 11 is 0. The number of carbonyl (C=O) groups excluding carboxylic acids is 1. The van der Waals surface area contributed by atoms with Gasteiger partial charge >= 0.3 is 0 Å². The van der Waals surface area contributed by atoms with Gasteiger partial charge in [0.1, 0.15) is 5.75 Å². The van der Waals surface area contributed by atoms with Crippen molar-refractivity contribution >= 4 is 5.91 Å². The highest BCUT2D eigenvalue weighted by atomic mass is 16.5. The Morgan fingerprint density at radius 1 is 1.53 bits per heavy atom. The van der Waals surface area contributed by atoms with Gasteiger partial charge in [0.05, 0.1) is 6.04 Å². The Morgan fingerprint density at radius 2 is 2.37 bits per heavy atom. The van der Waals surface area contributed by atoms with E-state index in [9.17, 15) is 4.79 Å². The summed E-state index contributed by atoms with van der Waals surface area (Å²) in [4.78, 5) is 11.7. The van der Waals surface area contributed by atoms with Crippen LogP contribution in [-0.2, 0) is 4.79 Å². The number of aromatic nitrogens is 4. The first-order valence-corrected chi connectivity index (χ1v) is 5.87. The van der Waals surface area contributed by atoms with Gasteiger partial charge in [-0.15, -0.1) is 10.2 Å². The molecule has 0 saturated carbocycles. The number of hydrogen-bond acceptors (Lipinski definition) is 5. The van der Waals surface area contributed by atoms with Crippen LogP contribution in [-0.4, -0.2) is 33.1 Å². The van der Waals surface area contributed by atoms with E-state index in [4.69, 9.17) is 4.74 Å². The SMILES string of the molecule is Cc1cccc(OCC(=O)NC(C)c2nn[nH]n2)c1. The van der Waals surface area contributed by atoms with Crippen molar-refractivity contribution in [3.05, 3.63) is 35.7 Å². The molecule has 19 heavy (non-hydrogen) atoms. The molecule has 7 nitrogen and oxygen atoms in total. The van der Waals surface area contributed by atoms with Crippen molar-refractivity contribution in [2.24, 2.45) is 0 Å². The second-order valence-corrected chi connectivity index (χ2v) is 4.16. The summed E-state index contributed by atoms with van der Waals surface area (Å²) in [5.74, 6) is 0.866. The molecule has 1 unspecified atom stereocenters. The number of H-pyrrole nitrogens is 1. The Labute approximate surface area is 110 Å². The molecule has 1 aromatic heterocycles. The van der Waals surface area contributed by atoms with Gasteiger partial charge in [0.2, 0.25) is 0 Å². The number of ether oxygens (including phenoxy) is 1. The standard InChI is InChI=1S/C12H15N5O2/c1-8-4-3-5-10(6-8)19-7-11(18)13-9(2)12-14-16-17-15-12/h3-6,9H,7H2,1-2H3,(H,13,18)(H,14,15,16,17). The molecule has 0 saturated heterocycles. The number of benzene rings is 1. The minimum atomic E-state index is -0.313. The average molecular weight is 261 g/mol. The van der Waals surface area contributed by atoms with Crippen molar-refractivity contribution in [1.82, 2.24) is 25.9 Å². The van der Waals surface area contributed by atoms with E-state index in [0.29, 0.717) is 11.6 Å². The van der Waals surface area contributed by atoms with Gasteiger partial charge in [-0.25, -0.2) is 0 Å². The molecule has 0 aliphatic carbocycles. The van der Waals surface area contributed by atoms with E-state index in [1.165, 1.54) is 0 Å². The van der Waals surface area contributed by atoms with Gasteiger partial charge in [-0.3, -0.25) is 4.79 Å². The maximum absolute atomic E-state index is 11.7. The predicted molar refractivity (Wildman–Crippen MR) is 67.4 cm³/mol. The van der Waals surface area contributed by atoms with E-state index in [2.05, 4.69) is 25.9 Å². The zero-order chi connectivity index (χ0) is 13.7. The lowest BCUT2D eigenvalue weighted by Crippen LogP contribution is -2.31. The first-order valence-electron chi connectivity index (χ1n) is 5.87. The maximum atomic E-state index is 11.7. The molecule has 0 aliphatic rings. The van der Waals surface area contributed by atoms with Crippen LogP contribution in [0.25, 0.3) is 0 Å². The Bertz CT molecular complexity index is 541. The largest absolute Gasteiger partial charge is 0.484 e. The van der Waals surface area contributed by atoms with Crippen molar-refractivity contribution in [2.75, 3.05) is 6.61 Å². The predicted octanol–water partition coefficient (Wildman–Crippen LogP) is 0.764. The fourth-order valence-electron chi connectivity index (χ4n) is 1.55. The molecule has 0 radical (unpaired) electrons. The molecule has 0 fully saturated rings. The molecule has 0 aliphatic heterocycles. The van der Waals surface area contributed by atoms with Gasteiger partial charge in [-0.05, 0) is 31.5 Å². The van der Waals surface area contributed by atoms with Crippen molar-refractivity contribution in [1.29, 1.82) is 0 Å². The molecule has 2 rings (SSSR count). The highest BCUT2D eigenvalue weighted by Crippen LogP contribution is 2.12. The lowest BCUT2D eigenvalue weighted by molar-refractivity contribution is -0.123. The third-order valence-corrected chi connectivity index (χ3v) is 2.49. The van der Waals surface area contributed by atoms with Crippen LogP contribution in [0.1, 0.15) is 24.4 Å². The van der Waals surface area contributed by atoms with Crippen molar-refractivity contribution in [3.8, 4) is 5.75 Å². The average Bonchev–Trinajstić information content (AvgIpc) is 2.90. The summed E-state index contributed by atoms with van der Waals surface area (Å²) in [6.45, 7) is 3.69. The van der Waals surface area contributed by atoms with Crippen LogP contribution in [0.5, 0.6) is 5.75 Å². The fraction of sp³-hybridized carbons (Fsp3) is 0.333. The van der Waals surface area contributed by atoms with Crippen molar-refractivity contribution in [3.63, 3.8) is 0 Å². The second-order valence-electron chi connectivity index (χ2n) is 4.16.